The summed E-state index contributed by atoms with van der Waals surface area (Å²) in [7, 11) is 0. The molecule has 1 heterocycles. The van der Waals surface area contributed by atoms with Crippen LogP contribution in [0.4, 0.5) is 4.79 Å². The molecule has 1 atom stereocenters. The number of nitrogens with two attached hydrogens (primary N) is 1. The molecule has 2 amide bonds. The average molecular weight is 395 g/mol. The monoisotopic (exact) mass is 395 g/mol. The second kappa shape index (κ2) is 9.16. The van der Waals surface area contributed by atoms with Gasteiger partial charge in [-0.15, -0.1) is 11.3 Å². The van der Waals surface area contributed by atoms with E-state index in [0.717, 1.165) is 21.8 Å². The van der Waals surface area contributed by atoms with E-state index in [9.17, 15) is 10.0 Å². The molecule has 0 saturated heterocycles. The zero-order valence-electron chi connectivity index (χ0n) is 15.4. The fraction of sp³-hybridized carbons (Fsp3) is 0.143. The molecule has 3 aromatic rings. The predicted octanol–water partition coefficient (Wildman–Crippen LogP) is 4.56. The molecule has 0 aliphatic carbocycles. The second-order valence-electron chi connectivity index (χ2n) is 6.15. The number of benzene rings is 2. The van der Waals surface area contributed by atoms with Crippen molar-refractivity contribution in [3.63, 3.8) is 0 Å². The molecule has 3 N–H and O–H groups in total. The minimum Gasteiger partial charge on any atom is -0.487 e. The Morgan fingerprint density at radius 2 is 2.07 bits per heavy atom. The summed E-state index contributed by atoms with van der Waals surface area (Å²) >= 11 is 1.59. The van der Waals surface area contributed by atoms with Gasteiger partial charge >= 0.3 is 6.03 Å². The van der Waals surface area contributed by atoms with Crippen molar-refractivity contribution in [2.45, 2.75) is 19.6 Å². The van der Waals surface area contributed by atoms with Crippen LogP contribution in [-0.4, -0.2) is 27.3 Å². The number of carbonyl (C=O) groups excluding carboxylic acids is 1. The molecule has 0 spiro atoms. The maximum Gasteiger partial charge on any atom is 0.339 e. The van der Waals surface area contributed by atoms with Gasteiger partial charge in [0.15, 0.2) is 0 Å². The SMILES string of the molecule is CC(C=Cc1cccc(OCc2csc(-c3ccccc3)n2)c1)N(O)C(N)=O. The lowest BCUT2D eigenvalue weighted by Crippen LogP contribution is -2.38. The van der Waals surface area contributed by atoms with Crippen molar-refractivity contribution in [1.29, 1.82) is 0 Å². The fourth-order valence-electron chi connectivity index (χ4n) is 2.48. The van der Waals surface area contributed by atoms with Crippen LogP contribution in [-0.2, 0) is 6.61 Å². The van der Waals surface area contributed by atoms with Gasteiger partial charge < -0.3 is 10.5 Å². The van der Waals surface area contributed by atoms with Gasteiger partial charge in [-0.25, -0.2) is 9.78 Å². The summed E-state index contributed by atoms with van der Waals surface area (Å²) < 4.78 is 5.85. The van der Waals surface area contributed by atoms with E-state index in [4.69, 9.17) is 10.5 Å². The molecule has 0 aliphatic heterocycles. The van der Waals surface area contributed by atoms with Gasteiger partial charge in [0.2, 0.25) is 0 Å². The zero-order chi connectivity index (χ0) is 19.9. The molecule has 6 nitrogen and oxygen atoms in total. The van der Waals surface area contributed by atoms with Crippen LogP contribution in [0.1, 0.15) is 18.2 Å². The normalized spacial score (nSPS) is 12.1. The minimum absolute atomic E-state index is 0.374. The number of urea groups is 1. The fourth-order valence-corrected chi connectivity index (χ4v) is 3.29. The highest BCUT2D eigenvalue weighted by molar-refractivity contribution is 7.13. The van der Waals surface area contributed by atoms with Crippen LogP contribution in [0.25, 0.3) is 16.6 Å². The Morgan fingerprint density at radius 1 is 1.29 bits per heavy atom. The van der Waals surface area contributed by atoms with Crippen LogP contribution >= 0.6 is 11.3 Å². The van der Waals surface area contributed by atoms with E-state index >= 15 is 0 Å². The lowest BCUT2D eigenvalue weighted by atomic mass is 10.1. The third-order valence-electron chi connectivity index (χ3n) is 4.00. The van der Waals surface area contributed by atoms with Crippen molar-refractivity contribution >= 4 is 23.4 Å². The molecular formula is C21H21N3O3S. The molecule has 3 rings (SSSR count). The highest BCUT2D eigenvalue weighted by atomic mass is 32.1. The summed E-state index contributed by atoms with van der Waals surface area (Å²) in [5, 5.41) is 12.9. The summed E-state index contributed by atoms with van der Waals surface area (Å²) in [4.78, 5) is 15.6. The average Bonchev–Trinajstić information content (AvgIpc) is 3.20. The summed E-state index contributed by atoms with van der Waals surface area (Å²) in [6.45, 7) is 2.03. The van der Waals surface area contributed by atoms with E-state index in [1.165, 1.54) is 0 Å². The van der Waals surface area contributed by atoms with Crippen molar-refractivity contribution in [3.8, 4) is 16.3 Å². The number of ether oxygens (including phenoxy) is 1. The second-order valence-corrected chi connectivity index (χ2v) is 7.01. The number of primary amides is 1. The first kappa shape index (κ1) is 19.6. The number of carbonyl (C=O) groups is 1. The molecule has 1 unspecified atom stereocenters. The van der Waals surface area contributed by atoms with Gasteiger partial charge in [0, 0.05) is 10.9 Å². The van der Waals surface area contributed by atoms with Gasteiger partial charge in [0.05, 0.1) is 11.7 Å². The van der Waals surface area contributed by atoms with E-state index in [1.807, 2.05) is 60.0 Å². The van der Waals surface area contributed by atoms with Gasteiger partial charge in [0.1, 0.15) is 17.4 Å². The Balaban J connectivity index is 1.61. The van der Waals surface area contributed by atoms with Crippen LogP contribution in [0.5, 0.6) is 5.75 Å². The van der Waals surface area contributed by atoms with Crippen LogP contribution in [0, 0.1) is 0 Å². The number of aromatic nitrogens is 1. The Hall–Kier alpha value is -3.16. The summed E-state index contributed by atoms with van der Waals surface area (Å²) in [5.74, 6) is 0.708. The number of hydrogen-bond acceptors (Lipinski definition) is 5. The number of nitrogens with zero attached hydrogens (tertiary/aromatic N) is 2. The van der Waals surface area contributed by atoms with E-state index in [1.54, 1.807) is 30.4 Å². The van der Waals surface area contributed by atoms with Gasteiger partial charge in [0.25, 0.3) is 0 Å². The maximum atomic E-state index is 11.0. The summed E-state index contributed by atoms with van der Waals surface area (Å²) in [5.41, 5.74) is 7.88. The van der Waals surface area contributed by atoms with E-state index in [0.29, 0.717) is 17.4 Å². The van der Waals surface area contributed by atoms with Gasteiger partial charge in [-0.05, 0) is 24.6 Å². The van der Waals surface area contributed by atoms with Gasteiger partial charge in [-0.2, -0.15) is 5.06 Å². The molecule has 0 aliphatic rings. The van der Waals surface area contributed by atoms with Gasteiger partial charge in [-0.3, -0.25) is 5.21 Å². The lowest BCUT2D eigenvalue weighted by Gasteiger charge is -2.16. The molecular weight excluding hydrogens is 374 g/mol. The lowest BCUT2D eigenvalue weighted by molar-refractivity contribution is -0.0560. The molecule has 0 fully saturated rings. The molecule has 2 aromatic carbocycles. The zero-order valence-corrected chi connectivity index (χ0v) is 16.2. The quantitative estimate of drug-likeness (QED) is 0.453. The number of amides is 2. The van der Waals surface area contributed by atoms with E-state index in [2.05, 4.69) is 4.98 Å². The maximum absolute atomic E-state index is 11.0. The molecule has 0 radical (unpaired) electrons. The van der Waals surface area contributed by atoms with Crippen molar-refractivity contribution in [3.05, 3.63) is 77.3 Å². The summed E-state index contributed by atoms with van der Waals surface area (Å²) in [6.07, 6.45) is 3.47. The third kappa shape index (κ3) is 5.18. The summed E-state index contributed by atoms with van der Waals surface area (Å²) in [6, 6.07) is 16.1. The molecule has 1 aromatic heterocycles. The Morgan fingerprint density at radius 3 is 2.82 bits per heavy atom. The molecule has 7 heteroatoms. The number of hydroxylamine groups is 2. The largest absolute Gasteiger partial charge is 0.487 e. The number of hydrogen-bond donors (Lipinski definition) is 2. The predicted molar refractivity (Wildman–Crippen MR) is 110 cm³/mol. The van der Waals surface area contributed by atoms with Crippen LogP contribution in [0.3, 0.4) is 0 Å². The Labute approximate surface area is 167 Å². The first-order valence-corrected chi connectivity index (χ1v) is 9.59. The molecule has 144 valence electrons. The van der Waals surface area contributed by atoms with Crippen molar-refractivity contribution in [1.82, 2.24) is 10.0 Å². The standard InChI is InChI=1S/C21H21N3O3S/c1-15(24(26)21(22)25)10-11-16-6-5-9-19(12-16)27-13-18-14-28-20(23-18)17-7-3-2-4-8-17/h2-12,14-15,26H,13H2,1H3,(H2,22,25). The Kier molecular flexibility index (Phi) is 6.41. The van der Waals surface area contributed by atoms with Gasteiger partial charge in [-0.1, -0.05) is 54.6 Å². The molecule has 0 bridgehead atoms. The number of thiazole rings is 1. The highest BCUT2D eigenvalue weighted by Gasteiger charge is 2.11. The number of rotatable bonds is 7. The Bertz CT molecular complexity index is 956. The van der Waals surface area contributed by atoms with Crippen molar-refractivity contribution in [2.75, 3.05) is 0 Å². The molecule has 28 heavy (non-hydrogen) atoms. The van der Waals surface area contributed by atoms with Crippen molar-refractivity contribution in [2.24, 2.45) is 5.73 Å². The van der Waals surface area contributed by atoms with E-state index in [-0.39, 0.29) is 0 Å². The minimum atomic E-state index is -0.896. The molecule has 0 saturated carbocycles. The van der Waals surface area contributed by atoms with Crippen LogP contribution in [0.2, 0.25) is 0 Å². The van der Waals surface area contributed by atoms with Crippen LogP contribution in [0.15, 0.2) is 66.1 Å². The highest BCUT2D eigenvalue weighted by Crippen LogP contribution is 2.24. The first-order chi connectivity index (χ1) is 13.5. The van der Waals surface area contributed by atoms with Crippen LogP contribution < -0.4 is 10.5 Å². The van der Waals surface area contributed by atoms with E-state index < -0.39 is 12.1 Å². The van der Waals surface area contributed by atoms with Crippen molar-refractivity contribution < 1.29 is 14.7 Å². The third-order valence-corrected chi connectivity index (χ3v) is 4.94. The first-order valence-electron chi connectivity index (χ1n) is 8.71. The topological polar surface area (TPSA) is 88.7 Å². The smallest absolute Gasteiger partial charge is 0.339 e.